The number of fused-ring (bicyclic) bond motifs is 1. The number of nitrogens with zero attached hydrogens (tertiary/aromatic N) is 3. The molecule has 0 amide bonds. The number of aromatic nitrogens is 4. The van der Waals surface area contributed by atoms with Crippen LogP contribution in [0.3, 0.4) is 0 Å². The van der Waals surface area contributed by atoms with E-state index in [0.717, 1.165) is 6.40 Å². The monoisotopic (exact) mass is 382 g/mol. The number of methoxy groups -OCH3 is 1. The molecule has 0 fully saturated rings. The molecule has 0 saturated heterocycles. The van der Waals surface area contributed by atoms with Gasteiger partial charge in [-0.05, 0) is 0 Å². The third-order valence-corrected chi connectivity index (χ3v) is 3.20. The average Bonchev–Trinajstić information content (AvgIpc) is 3.02. The summed E-state index contributed by atoms with van der Waals surface area (Å²) in [6.07, 6.45) is 1.93. The minimum Gasteiger partial charge on any atom is -0.486 e. The van der Waals surface area contributed by atoms with Gasteiger partial charge in [-0.2, -0.15) is 14.5 Å². The Bertz CT molecular complexity index is 870. The molecule has 0 aromatic carbocycles. The Morgan fingerprint density at radius 2 is 1.96 bits per heavy atom. The number of hydrogen-bond acceptors (Lipinski definition) is 9. The summed E-state index contributed by atoms with van der Waals surface area (Å²) < 4.78 is 21.5. The van der Waals surface area contributed by atoms with Crippen LogP contribution in [0, 0.1) is 0 Å². The van der Waals surface area contributed by atoms with E-state index in [0.29, 0.717) is 5.65 Å². The van der Waals surface area contributed by atoms with Crippen LogP contribution in [0.5, 0.6) is 0 Å². The fraction of sp³-hybridized carbons (Fsp3) is 0.467. The van der Waals surface area contributed by atoms with Crippen molar-refractivity contribution in [1.82, 2.24) is 15.0 Å². The van der Waals surface area contributed by atoms with Gasteiger partial charge in [0.2, 0.25) is 12.3 Å². The van der Waals surface area contributed by atoms with Crippen molar-refractivity contribution in [1.29, 1.82) is 0 Å². The number of carbonyl (C=O) groups is 2. The maximum absolute atomic E-state index is 12.3. The first-order valence-electron chi connectivity index (χ1n) is 7.85. The summed E-state index contributed by atoms with van der Waals surface area (Å²) in [5, 5.41) is 0. The van der Waals surface area contributed by atoms with Crippen molar-refractivity contribution < 1.29 is 33.1 Å². The number of rotatable bonds is 9. The summed E-state index contributed by atoms with van der Waals surface area (Å²) in [7, 11) is 1.42. The van der Waals surface area contributed by atoms with E-state index in [4.69, 9.17) is 14.2 Å². The SMILES string of the molecule is COC=Nc1nc2[nH]c[n+](COC(COC(C)=O)COC(C)=O)c2c(=O)[nH]1. The van der Waals surface area contributed by atoms with Gasteiger partial charge in [-0.3, -0.25) is 19.4 Å². The van der Waals surface area contributed by atoms with Crippen LogP contribution in [0.4, 0.5) is 5.95 Å². The van der Waals surface area contributed by atoms with Crippen molar-refractivity contribution in [3.05, 3.63) is 16.7 Å². The molecule has 0 spiro atoms. The Morgan fingerprint density at radius 1 is 1.30 bits per heavy atom. The summed E-state index contributed by atoms with van der Waals surface area (Å²) in [5.74, 6) is -0.904. The van der Waals surface area contributed by atoms with Crippen molar-refractivity contribution in [3.8, 4) is 0 Å². The van der Waals surface area contributed by atoms with Crippen LogP contribution >= 0.6 is 0 Å². The number of ether oxygens (including phenoxy) is 4. The van der Waals surface area contributed by atoms with Gasteiger partial charge in [-0.15, -0.1) is 0 Å². The van der Waals surface area contributed by atoms with Gasteiger partial charge in [-0.1, -0.05) is 0 Å². The van der Waals surface area contributed by atoms with Crippen LogP contribution in [0.2, 0.25) is 0 Å². The first-order chi connectivity index (χ1) is 12.9. The van der Waals surface area contributed by atoms with E-state index in [1.54, 1.807) is 0 Å². The van der Waals surface area contributed by atoms with Crippen molar-refractivity contribution in [2.75, 3.05) is 20.3 Å². The van der Waals surface area contributed by atoms with E-state index in [-0.39, 0.29) is 31.4 Å². The summed E-state index contributed by atoms with van der Waals surface area (Å²) >= 11 is 0. The fourth-order valence-corrected chi connectivity index (χ4v) is 2.04. The van der Waals surface area contributed by atoms with E-state index in [2.05, 4.69) is 24.7 Å². The molecule has 0 bridgehead atoms. The molecule has 0 atom stereocenters. The minimum absolute atomic E-state index is 0.0708. The van der Waals surface area contributed by atoms with Crippen LogP contribution in [0.1, 0.15) is 13.8 Å². The second-order valence-electron chi connectivity index (χ2n) is 5.32. The number of hydrogen-bond donors (Lipinski definition) is 2. The van der Waals surface area contributed by atoms with Crippen molar-refractivity contribution >= 4 is 35.5 Å². The number of imidazole rings is 1. The lowest BCUT2D eigenvalue weighted by molar-refractivity contribution is -0.712. The Labute approximate surface area is 153 Å². The fourth-order valence-electron chi connectivity index (χ4n) is 2.04. The van der Waals surface area contributed by atoms with E-state index < -0.39 is 23.6 Å². The topological polar surface area (TPSA) is 149 Å². The lowest BCUT2D eigenvalue weighted by Crippen LogP contribution is -2.41. The average molecular weight is 382 g/mol. The maximum atomic E-state index is 12.3. The molecular weight excluding hydrogens is 362 g/mol. The normalized spacial score (nSPS) is 11.3. The zero-order valence-corrected chi connectivity index (χ0v) is 15.1. The van der Waals surface area contributed by atoms with Gasteiger partial charge in [-0.25, -0.2) is 4.98 Å². The number of aliphatic imine (C=N–C) groups is 1. The van der Waals surface area contributed by atoms with E-state index >= 15 is 0 Å². The minimum atomic E-state index is -0.701. The zero-order chi connectivity index (χ0) is 19.8. The highest BCUT2D eigenvalue weighted by Gasteiger charge is 2.20. The van der Waals surface area contributed by atoms with Gasteiger partial charge >= 0.3 is 17.5 Å². The Balaban J connectivity index is 2.13. The molecule has 2 aromatic rings. The maximum Gasteiger partial charge on any atom is 0.304 e. The summed E-state index contributed by atoms with van der Waals surface area (Å²) in [6, 6.07) is 0. The standard InChI is InChI=1S/C15H19N5O7/c1-9(21)25-4-11(5-26-10(2)22)27-8-20-6-16-13-12(20)14(23)19-15(18-13)17-7-24-3/h6-7,11H,4-5,8H2,1-3H3,(H,18,19,23)/p+1. The smallest absolute Gasteiger partial charge is 0.304 e. The second kappa shape index (κ2) is 9.43. The van der Waals surface area contributed by atoms with Crippen molar-refractivity contribution in [2.45, 2.75) is 26.7 Å². The van der Waals surface area contributed by atoms with Gasteiger partial charge in [0.25, 0.3) is 11.2 Å². The van der Waals surface area contributed by atoms with Crippen LogP contribution in [0.25, 0.3) is 11.2 Å². The molecule has 0 aliphatic carbocycles. The van der Waals surface area contributed by atoms with Gasteiger partial charge in [0.05, 0.1) is 7.11 Å². The van der Waals surface area contributed by atoms with Crippen LogP contribution < -0.4 is 10.1 Å². The molecule has 0 radical (unpaired) electrons. The molecule has 0 unspecified atom stereocenters. The number of carbonyl (C=O) groups excluding carboxylic acids is 2. The number of H-pyrrole nitrogens is 2. The van der Waals surface area contributed by atoms with Gasteiger partial charge in [0, 0.05) is 13.8 Å². The highest BCUT2D eigenvalue weighted by molar-refractivity contribution is 5.67. The molecule has 2 rings (SSSR count). The van der Waals surface area contributed by atoms with E-state index in [9.17, 15) is 14.4 Å². The molecule has 27 heavy (non-hydrogen) atoms. The summed E-state index contributed by atoms with van der Waals surface area (Å²) in [5.41, 5.74) is 0.0804. The largest absolute Gasteiger partial charge is 0.486 e. The molecule has 12 heteroatoms. The van der Waals surface area contributed by atoms with Crippen molar-refractivity contribution in [3.63, 3.8) is 0 Å². The predicted octanol–water partition coefficient (Wildman–Crippen LogP) is -0.686. The van der Waals surface area contributed by atoms with Gasteiger partial charge < -0.3 is 18.9 Å². The summed E-state index contributed by atoms with van der Waals surface area (Å²) in [6.45, 7) is 2.24. The predicted molar refractivity (Wildman–Crippen MR) is 90.2 cm³/mol. The number of aromatic amines is 2. The van der Waals surface area contributed by atoms with Crippen molar-refractivity contribution in [2.24, 2.45) is 4.99 Å². The Hall–Kier alpha value is -3.28. The van der Waals surface area contributed by atoms with Crippen LogP contribution in [-0.2, 0) is 35.3 Å². The first kappa shape index (κ1) is 20.0. The molecular formula is C15H20N5O7+. The molecule has 146 valence electrons. The first-order valence-corrected chi connectivity index (χ1v) is 7.85. The highest BCUT2D eigenvalue weighted by Crippen LogP contribution is 2.05. The van der Waals surface area contributed by atoms with Crippen LogP contribution in [-0.4, -0.2) is 59.7 Å². The van der Waals surface area contributed by atoms with E-state index in [1.807, 2.05) is 0 Å². The molecule has 2 aromatic heterocycles. The second-order valence-corrected chi connectivity index (χ2v) is 5.32. The third-order valence-electron chi connectivity index (χ3n) is 3.20. The van der Waals surface area contributed by atoms with Gasteiger partial charge in [0.15, 0.2) is 13.1 Å². The van der Waals surface area contributed by atoms with Crippen LogP contribution in [0.15, 0.2) is 16.1 Å². The highest BCUT2D eigenvalue weighted by atomic mass is 16.6. The Kier molecular flexibility index (Phi) is 7.00. The molecule has 2 N–H and O–H groups in total. The molecule has 12 nitrogen and oxygen atoms in total. The lowest BCUT2D eigenvalue weighted by Gasteiger charge is -2.16. The number of esters is 2. The zero-order valence-electron chi connectivity index (χ0n) is 15.1. The molecule has 0 aliphatic heterocycles. The Morgan fingerprint density at radius 3 is 2.56 bits per heavy atom. The molecule has 0 saturated carbocycles. The quantitative estimate of drug-likeness (QED) is 0.251. The van der Waals surface area contributed by atoms with E-state index in [1.165, 1.54) is 31.9 Å². The number of nitrogens with one attached hydrogen (secondary N) is 2. The lowest BCUT2D eigenvalue weighted by atomic mass is 10.4. The molecule has 0 aliphatic rings. The summed E-state index contributed by atoms with van der Waals surface area (Å²) in [4.78, 5) is 47.5. The third kappa shape index (κ3) is 5.88. The molecule has 2 heterocycles. The van der Waals surface area contributed by atoms with Gasteiger partial charge in [0.1, 0.15) is 19.3 Å².